The molecule has 0 radical (unpaired) electrons. The summed E-state index contributed by atoms with van der Waals surface area (Å²) >= 11 is 0. The fourth-order valence-corrected chi connectivity index (χ4v) is 2.04. The van der Waals surface area contributed by atoms with Crippen LogP contribution in [-0.4, -0.2) is 28.6 Å². The summed E-state index contributed by atoms with van der Waals surface area (Å²) in [5, 5.41) is 11.0. The van der Waals surface area contributed by atoms with Gasteiger partial charge < -0.3 is 14.5 Å². The third-order valence-electron chi connectivity index (χ3n) is 3.06. The summed E-state index contributed by atoms with van der Waals surface area (Å²) in [6, 6.07) is 5.06. The van der Waals surface area contributed by atoms with Gasteiger partial charge in [0, 0.05) is 0 Å². The number of ether oxygens (including phenoxy) is 2. The van der Waals surface area contributed by atoms with E-state index in [9.17, 15) is 19.7 Å². The van der Waals surface area contributed by atoms with E-state index in [1.165, 1.54) is 19.3 Å². The molecule has 2 aromatic rings. The minimum absolute atomic E-state index is 0.192. The SMILES string of the molecule is CCOc1cc(C=Cc2[nH]c(=O)[nH]c(=O)c2[N+](=O)[O-])ccc1OC. The number of benzene rings is 1. The van der Waals surface area contributed by atoms with Crippen molar-refractivity contribution in [3.63, 3.8) is 0 Å². The van der Waals surface area contributed by atoms with Gasteiger partial charge in [0.2, 0.25) is 0 Å². The summed E-state index contributed by atoms with van der Waals surface area (Å²) in [6.45, 7) is 2.27. The van der Waals surface area contributed by atoms with Gasteiger partial charge in [0.15, 0.2) is 11.5 Å². The number of rotatable bonds is 6. The number of H-pyrrole nitrogens is 2. The van der Waals surface area contributed by atoms with Crippen LogP contribution in [0.15, 0.2) is 27.8 Å². The summed E-state index contributed by atoms with van der Waals surface area (Å²) in [4.78, 5) is 37.0. The van der Waals surface area contributed by atoms with E-state index >= 15 is 0 Å². The Morgan fingerprint density at radius 3 is 2.58 bits per heavy atom. The Balaban J connectivity index is 2.45. The highest BCUT2D eigenvalue weighted by Crippen LogP contribution is 2.28. The molecule has 0 aliphatic rings. The van der Waals surface area contributed by atoms with Gasteiger partial charge in [-0.25, -0.2) is 4.79 Å². The fourth-order valence-electron chi connectivity index (χ4n) is 2.04. The van der Waals surface area contributed by atoms with Gasteiger partial charge >= 0.3 is 16.9 Å². The molecule has 0 amide bonds. The zero-order chi connectivity index (χ0) is 17.7. The number of hydrogen-bond acceptors (Lipinski definition) is 6. The number of nitrogens with zero attached hydrogens (tertiary/aromatic N) is 1. The Hall–Kier alpha value is -3.36. The van der Waals surface area contributed by atoms with Crippen molar-refractivity contribution in [3.05, 3.63) is 60.4 Å². The highest BCUT2D eigenvalue weighted by Gasteiger charge is 2.18. The van der Waals surface area contributed by atoms with Crippen LogP contribution >= 0.6 is 0 Å². The molecule has 1 aromatic heterocycles. The topological polar surface area (TPSA) is 127 Å². The van der Waals surface area contributed by atoms with Gasteiger partial charge in [0.1, 0.15) is 5.69 Å². The molecule has 0 saturated heterocycles. The lowest BCUT2D eigenvalue weighted by molar-refractivity contribution is -0.386. The van der Waals surface area contributed by atoms with Crippen molar-refractivity contribution in [2.75, 3.05) is 13.7 Å². The molecular formula is C15H15N3O6. The molecule has 9 heteroatoms. The van der Waals surface area contributed by atoms with Gasteiger partial charge in [-0.1, -0.05) is 12.1 Å². The lowest BCUT2D eigenvalue weighted by Gasteiger charge is -2.09. The average Bonchev–Trinajstić information content (AvgIpc) is 2.52. The van der Waals surface area contributed by atoms with E-state index in [1.54, 1.807) is 18.2 Å². The quantitative estimate of drug-likeness (QED) is 0.610. The van der Waals surface area contributed by atoms with E-state index < -0.39 is 21.9 Å². The molecule has 24 heavy (non-hydrogen) atoms. The Morgan fingerprint density at radius 1 is 1.21 bits per heavy atom. The number of aromatic amines is 2. The molecule has 0 fully saturated rings. The lowest BCUT2D eigenvalue weighted by Crippen LogP contribution is -2.25. The molecule has 0 saturated carbocycles. The standard InChI is InChI=1S/C15H15N3O6/c1-3-24-12-8-9(5-7-11(12)23-2)4-6-10-13(18(21)22)14(19)17-15(20)16-10/h4-8H,3H2,1-2H3,(H2,16,17,19,20). The van der Waals surface area contributed by atoms with Crippen LogP contribution in [0.25, 0.3) is 12.2 Å². The van der Waals surface area contributed by atoms with Crippen LogP contribution in [0, 0.1) is 10.1 Å². The maximum absolute atomic E-state index is 11.5. The van der Waals surface area contributed by atoms with E-state index in [4.69, 9.17) is 9.47 Å². The van der Waals surface area contributed by atoms with Crippen LogP contribution in [0.2, 0.25) is 0 Å². The van der Waals surface area contributed by atoms with E-state index in [-0.39, 0.29) is 5.69 Å². The van der Waals surface area contributed by atoms with Gasteiger partial charge in [0.05, 0.1) is 18.6 Å². The number of nitrogens with one attached hydrogen (secondary N) is 2. The Bertz CT molecular complexity index is 897. The summed E-state index contributed by atoms with van der Waals surface area (Å²) in [7, 11) is 1.51. The maximum atomic E-state index is 11.5. The van der Waals surface area contributed by atoms with Crippen molar-refractivity contribution < 1.29 is 14.4 Å². The molecule has 2 N–H and O–H groups in total. The molecule has 1 heterocycles. The minimum atomic E-state index is -1.06. The number of aromatic nitrogens is 2. The van der Waals surface area contributed by atoms with E-state index in [2.05, 4.69) is 4.98 Å². The third kappa shape index (κ3) is 3.69. The molecular weight excluding hydrogens is 318 g/mol. The summed E-state index contributed by atoms with van der Waals surface area (Å²) in [5.41, 5.74) is -2.16. The van der Waals surface area contributed by atoms with E-state index in [0.717, 1.165) is 0 Å². The van der Waals surface area contributed by atoms with E-state index in [0.29, 0.717) is 23.7 Å². The first-order valence-corrected chi connectivity index (χ1v) is 6.96. The van der Waals surface area contributed by atoms with Crippen molar-refractivity contribution in [2.24, 2.45) is 0 Å². The molecule has 0 spiro atoms. The molecule has 2 rings (SSSR count). The predicted molar refractivity (Wildman–Crippen MR) is 87.4 cm³/mol. The van der Waals surface area contributed by atoms with Crippen LogP contribution in [0.5, 0.6) is 11.5 Å². The monoisotopic (exact) mass is 333 g/mol. The second-order valence-electron chi connectivity index (χ2n) is 4.60. The predicted octanol–water partition coefficient (Wildman–Crippen LogP) is 1.55. The van der Waals surface area contributed by atoms with Crippen LogP contribution in [0.3, 0.4) is 0 Å². The first kappa shape index (κ1) is 17.0. The summed E-state index contributed by atoms with van der Waals surface area (Å²) < 4.78 is 10.6. The van der Waals surface area contributed by atoms with Gasteiger partial charge in [-0.2, -0.15) is 0 Å². The molecule has 126 valence electrons. The van der Waals surface area contributed by atoms with Crippen molar-refractivity contribution in [2.45, 2.75) is 6.92 Å². The van der Waals surface area contributed by atoms with Crippen molar-refractivity contribution in [3.8, 4) is 11.5 Å². The molecule has 1 aromatic carbocycles. The number of methoxy groups -OCH3 is 1. The van der Waals surface area contributed by atoms with Gasteiger partial charge in [-0.05, 0) is 30.7 Å². The van der Waals surface area contributed by atoms with Crippen LogP contribution in [0.1, 0.15) is 18.2 Å². The minimum Gasteiger partial charge on any atom is -0.493 e. The number of nitro groups is 1. The van der Waals surface area contributed by atoms with Crippen LogP contribution in [0.4, 0.5) is 5.69 Å². The maximum Gasteiger partial charge on any atom is 0.357 e. The van der Waals surface area contributed by atoms with Crippen LogP contribution < -0.4 is 20.7 Å². The molecule has 9 nitrogen and oxygen atoms in total. The van der Waals surface area contributed by atoms with Crippen molar-refractivity contribution in [1.82, 2.24) is 9.97 Å². The Morgan fingerprint density at radius 2 is 1.96 bits per heavy atom. The molecule has 0 unspecified atom stereocenters. The van der Waals surface area contributed by atoms with Gasteiger partial charge in [-0.3, -0.25) is 19.9 Å². The van der Waals surface area contributed by atoms with Crippen molar-refractivity contribution in [1.29, 1.82) is 0 Å². The Labute approximate surface area is 135 Å². The summed E-state index contributed by atoms with van der Waals surface area (Å²) in [5.74, 6) is 1.06. The molecule has 0 aliphatic heterocycles. The first-order chi connectivity index (χ1) is 11.5. The first-order valence-electron chi connectivity index (χ1n) is 6.96. The van der Waals surface area contributed by atoms with Crippen LogP contribution in [-0.2, 0) is 0 Å². The average molecular weight is 333 g/mol. The van der Waals surface area contributed by atoms with Gasteiger partial charge in [0.25, 0.3) is 0 Å². The second kappa shape index (κ2) is 7.27. The zero-order valence-electron chi connectivity index (χ0n) is 13.0. The molecule has 0 bridgehead atoms. The smallest absolute Gasteiger partial charge is 0.357 e. The lowest BCUT2D eigenvalue weighted by atomic mass is 10.1. The fraction of sp³-hybridized carbons (Fsp3) is 0.200. The zero-order valence-corrected chi connectivity index (χ0v) is 13.0. The van der Waals surface area contributed by atoms with E-state index in [1.807, 2.05) is 11.9 Å². The normalized spacial score (nSPS) is 10.8. The summed E-state index contributed by atoms with van der Waals surface area (Å²) in [6.07, 6.45) is 2.80. The van der Waals surface area contributed by atoms with Gasteiger partial charge in [-0.15, -0.1) is 0 Å². The Kier molecular flexibility index (Phi) is 5.15. The number of hydrogen-bond donors (Lipinski definition) is 2. The largest absolute Gasteiger partial charge is 0.493 e. The second-order valence-corrected chi connectivity index (χ2v) is 4.60. The molecule has 0 atom stereocenters. The highest BCUT2D eigenvalue weighted by atomic mass is 16.6. The van der Waals surface area contributed by atoms with Crippen molar-refractivity contribution >= 4 is 17.8 Å². The molecule has 0 aliphatic carbocycles. The third-order valence-corrected chi connectivity index (χ3v) is 3.06. The highest BCUT2D eigenvalue weighted by molar-refractivity contribution is 5.72.